The first-order valence-electron chi connectivity index (χ1n) is 10.2. The third-order valence-corrected chi connectivity index (χ3v) is 4.68. The Hall–Kier alpha value is -3.35. The zero-order chi connectivity index (χ0) is 22.1. The number of hydrogen-bond acceptors (Lipinski definition) is 6. The van der Waals surface area contributed by atoms with Gasteiger partial charge in [-0.3, -0.25) is 4.79 Å². The summed E-state index contributed by atoms with van der Waals surface area (Å²) in [6, 6.07) is 23.3. The van der Waals surface area contributed by atoms with Crippen molar-refractivity contribution in [3.05, 3.63) is 95.6 Å². The number of aliphatic hydroxyl groups excluding tert-OH is 1. The van der Waals surface area contributed by atoms with Crippen LogP contribution in [0.4, 0.5) is 0 Å². The third-order valence-electron chi connectivity index (χ3n) is 4.68. The number of aliphatic hydroxyl groups is 1. The first-order valence-corrected chi connectivity index (χ1v) is 10.2. The molecule has 0 aromatic heterocycles. The van der Waals surface area contributed by atoms with Crippen molar-refractivity contribution in [2.75, 3.05) is 6.61 Å². The highest BCUT2D eigenvalue weighted by Crippen LogP contribution is 2.33. The van der Waals surface area contributed by atoms with E-state index in [9.17, 15) is 9.90 Å². The lowest BCUT2D eigenvalue weighted by atomic mass is 10.0. The van der Waals surface area contributed by atoms with Gasteiger partial charge in [0, 0.05) is 0 Å². The van der Waals surface area contributed by atoms with Crippen LogP contribution < -0.4 is 15.2 Å². The molecule has 3 aromatic rings. The van der Waals surface area contributed by atoms with Crippen molar-refractivity contribution >= 4 is 5.97 Å². The number of hydrogen-bond donors (Lipinski definition) is 2. The zero-order valence-corrected chi connectivity index (χ0v) is 17.4. The van der Waals surface area contributed by atoms with Gasteiger partial charge in [-0.05, 0) is 35.7 Å². The predicted octanol–water partition coefficient (Wildman–Crippen LogP) is 3.77. The maximum Gasteiger partial charge on any atom is 0.325 e. The average Bonchev–Trinajstić information content (AvgIpc) is 2.82. The molecule has 0 aliphatic heterocycles. The van der Waals surface area contributed by atoms with Crippen molar-refractivity contribution in [2.24, 2.45) is 5.73 Å². The molecule has 0 bridgehead atoms. The van der Waals surface area contributed by atoms with Gasteiger partial charge in [0.25, 0.3) is 0 Å². The predicted molar refractivity (Wildman–Crippen MR) is 118 cm³/mol. The van der Waals surface area contributed by atoms with Gasteiger partial charge in [-0.15, -0.1) is 0 Å². The van der Waals surface area contributed by atoms with Crippen molar-refractivity contribution < 1.29 is 24.1 Å². The molecule has 1 unspecified atom stereocenters. The zero-order valence-electron chi connectivity index (χ0n) is 17.4. The molecule has 3 rings (SSSR count). The smallest absolute Gasteiger partial charge is 0.325 e. The molecule has 31 heavy (non-hydrogen) atoms. The molecule has 3 aromatic carbocycles. The van der Waals surface area contributed by atoms with Crippen LogP contribution in [0, 0.1) is 0 Å². The maximum atomic E-state index is 11.9. The normalized spacial score (nSPS) is 12.6. The summed E-state index contributed by atoms with van der Waals surface area (Å²) >= 11 is 0. The third kappa shape index (κ3) is 6.31. The van der Waals surface area contributed by atoms with E-state index in [1.807, 2.05) is 60.7 Å². The maximum absolute atomic E-state index is 11.9. The fourth-order valence-electron chi connectivity index (χ4n) is 2.99. The number of nitrogens with two attached hydrogens (primary N) is 1. The molecule has 0 heterocycles. The molecule has 0 aliphatic rings. The lowest BCUT2D eigenvalue weighted by molar-refractivity contribution is -0.147. The summed E-state index contributed by atoms with van der Waals surface area (Å²) in [7, 11) is 0. The second kappa shape index (κ2) is 11.2. The van der Waals surface area contributed by atoms with E-state index in [0.29, 0.717) is 30.3 Å². The van der Waals surface area contributed by atoms with Crippen LogP contribution in [0.5, 0.6) is 11.5 Å². The van der Waals surface area contributed by atoms with Gasteiger partial charge < -0.3 is 25.1 Å². The van der Waals surface area contributed by atoms with Crippen LogP contribution in [0.3, 0.4) is 0 Å². The Kier molecular flexibility index (Phi) is 8.04. The summed E-state index contributed by atoms with van der Waals surface area (Å²) in [5, 5.41) is 10.6. The van der Waals surface area contributed by atoms with E-state index in [4.69, 9.17) is 19.9 Å². The minimum absolute atomic E-state index is 0.191. The second-order valence-corrected chi connectivity index (χ2v) is 6.98. The molecule has 0 spiro atoms. The van der Waals surface area contributed by atoms with Crippen molar-refractivity contribution in [3.63, 3.8) is 0 Å². The first kappa shape index (κ1) is 22.3. The Morgan fingerprint density at radius 1 is 0.871 bits per heavy atom. The van der Waals surface area contributed by atoms with Gasteiger partial charge in [0.1, 0.15) is 25.4 Å². The molecule has 0 aliphatic carbocycles. The van der Waals surface area contributed by atoms with Gasteiger partial charge >= 0.3 is 5.97 Å². The Balaban J connectivity index is 1.80. The van der Waals surface area contributed by atoms with Crippen LogP contribution in [0.2, 0.25) is 0 Å². The van der Waals surface area contributed by atoms with Gasteiger partial charge in [0.15, 0.2) is 11.5 Å². The lowest BCUT2D eigenvalue weighted by Crippen LogP contribution is -2.38. The van der Waals surface area contributed by atoms with E-state index < -0.39 is 18.1 Å². The van der Waals surface area contributed by atoms with E-state index in [1.54, 1.807) is 25.1 Å². The van der Waals surface area contributed by atoms with E-state index in [-0.39, 0.29) is 6.61 Å². The Morgan fingerprint density at radius 2 is 1.42 bits per heavy atom. The number of ether oxygens (including phenoxy) is 3. The fourth-order valence-corrected chi connectivity index (χ4v) is 2.99. The van der Waals surface area contributed by atoms with Crippen molar-refractivity contribution in [2.45, 2.75) is 32.3 Å². The number of esters is 1. The Labute approximate surface area is 182 Å². The van der Waals surface area contributed by atoms with Crippen LogP contribution >= 0.6 is 0 Å². The summed E-state index contributed by atoms with van der Waals surface area (Å²) in [5.74, 6) is 0.319. The molecule has 2 atom stereocenters. The fraction of sp³-hybridized carbons (Fsp3) is 0.240. The van der Waals surface area contributed by atoms with Crippen LogP contribution in [0.15, 0.2) is 78.9 Å². The standard InChI is InChI=1S/C25H27NO5/c1-2-29-25(28)23(26)24(27)20-13-14-21(30-16-18-9-5-3-6-10-18)22(15-20)31-17-19-11-7-4-8-12-19/h3-15,23-24,27H,2,16-17,26H2,1H3/t23-,24?/m0/s1. The quantitative estimate of drug-likeness (QED) is 0.484. The van der Waals surface area contributed by atoms with E-state index in [2.05, 4.69) is 0 Å². The molecule has 0 amide bonds. The highest BCUT2D eigenvalue weighted by atomic mass is 16.5. The Bertz CT molecular complexity index is 962. The topological polar surface area (TPSA) is 91.0 Å². The van der Waals surface area contributed by atoms with E-state index in [1.165, 1.54) is 0 Å². The minimum Gasteiger partial charge on any atom is -0.485 e. The number of carbonyl (C=O) groups excluding carboxylic acids is 1. The number of benzene rings is 3. The van der Waals surface area contributed by atoms with Gasteiger partial charge in [0.05, 0.1) is 6.61 Å². The van der Waals surface area contributed by atoms with Crippen LogP contribution in [-0.4, -0.2) is 23.7 Å². The van der Waals surface area contributed by atoms with Crippen molar-refractivity contribution in [1.82, 2.24) is 0 Å². The number of rotatable bonds is 10. The molecule has 162 valence electrons. The molecule has 3 N–H and O–H groups in total. The van der Waals surface area contributed by atoms with Crippen LogP contribution in [0.1, 0.15) is 29.7 Å². The summed E-state index contributed by atoms with van der Waals surface area (Å²) in [4.78, 5) is 11.9. The van der Waals surface area contributed by atoms with Gasteiger partial charge in [0.2, 0.25) is 0 Å². The van der Waals surface area contributed by atoms with E-state index in [0.717, 1.165) is 11.1 Å². The summed E-state index contributed by atoms with van der Waals surface area (Å²) in [6.07, 6.45) is -1.23. The highest BCUT2D eigenvalue weighted by Gasteiger charge is 2.26. The van der Waals surface area contributed by atoms with E-state index >= 15 is 0 Å². The molecule has 0 fully saturated rings. The molecule has 6 heteroatoms. The lowest BCUT2D eigenvalue weighted by Gasteiger charge is -2.20. The monoisotopic (exact) mass is 421 g/mol. The minimum atomic E-state index is -1.23. The largest absolute Gasteiger partial charge is 0.485 e. The van der Waals surface area contributed by atoms with Crippen LogP contribution in [0.25, 0.3) is 0 Å². The Morgan fingerprint density at radius 3 is 1.97 bits per heavy atom. The molecule has 0 saturated carbocycles. The van der Waals surface area contributed by atoms with Gasteiger partial charge in [-0.2, -0.15) is 0 Å². The SMILES string of the molecule is CCOC(=O)[C@@H](N)C(O)c1ccc(OCc2ccccc2)c(OCc2ccccc2)c1. The van der Waals surface area contributed by atoms with Crippen LogP contribution in [-0.2, 0) is 22.7 Å². The second-order valence-electron chi connectivity index (χ2n) is 6.98. The average molecular weight is 421 g/mol. The molecular weight excluding hydrogens is 394 g/mol. The summed E-state index contributed by atoms with van der Waals surface area (Å²) < 4.78 is 16.9. The van der Waals surface area contributed by atoms with Crippen molar-refractivity contribution in [3.8, 4) is 11.5 Å². The molecular formula is C25H27NO5. The molecule has 0 radical (unpaired) electrons. The first-order chi connectivity index (χ1) is 15.1. The summed E-state index contributed by atoms with van der Waals surface area (Å²) in [5.41, 5.74) is 8.32. The summed E-state index contributed by atoms with van der Waals surface area (Å²) in [6.45, 7) is 2.57. The van der Waals surface area contributed by atoms with Gasteiger partial charge in [-0.1, -0.05) is 66.7 Å². The highest BCUT2D eigenvalue weighted by molar-refractivity contribution is 5.76. The molecule has 0 saturated heterocycles. The molecule has 6 nitrogen and oxygen atoms in total. The van der Waals surface area contributed by atoms with Gasteiger partial charge in [-0.25, -0.2) is 0 Å². The van der Waals surface area contributed by atoms with Crippen molar-refractivity contribution in [1.29, 1.82) is 0 Å². The number of carbonyl (C=O) groups is 1.